The Hall–Kier alpha value is -1.09. The number of rotatable bonds is 4. The third-order valence-corrected chi connectivity index (χ3v) is 6.50. The van der Waals surface area contributed by atoms with E-state index in [-0.39, 0.29) is 24.0 Å². The van der Waals surface area contributed by atoms with Crippen LogP contribution in [0.25, 0.3) is 0 Å². The predicted octanol–water partition coefficient (Wildman–Crippen LogP) is 2.74. The van der Waals surface area contributed by atoms with Crippen molar-refractivity contribution in [1.82, 2.24) is 15.2 Å². The van der Waals surface area contributed by atoms with Crippen molar-refractivity contribution in [3.8, 4) is 0 Å². The zero-order chi connectivity index (χ0) is 18.0. The highest BCUT2D eigenvalue weighted by Gasteiger charge is 2.59. The van der Waals surface area contributed by atoms with Gasteiger partial charge in [-0.25, -0.2) is 4.98 Å². The van der Waals surface area contributed by atoms with Crippen LogP contribution in [0, 0.1) is 5.41 Å². The van der Waals surface area contributed by atoms with Crippen LogP contribution in [-0.2, 0) is 4.74 Å². The molecule has 1 N–H and O–H groups in total. The smallest absolute Gasteiger partial charge is 0.194 e. The van der Waals surface area contributed by atoms with Crippen LogP contribution in [0.4, 0.5) is 5.82 Å². The molecule has 2 heterocycles. The maximum atomic E-state index is 5.98. The standard InChI is InChI=1S/C20H31N5O.HI/c1-3-26-17-15-16(20(17)8-6-9-20)23-19(21-2)25-13-11-24(12-14-25)18-7-4-5-10-22-18;/h4-5,7,10,16-17H,3,6,8-9,11-15H2,1-2H3,(H,21,23);1H. The lowest BCUT2D eigenvalue weighted by Gasteiger charge is -2.61. The molecule has 1 aromatic rings. The number of halogens is 1. The van der Waals surface area contributed by atoms with Gasteiger partial charge in [0.1, 0.15) is 5.82 Å². The lowest BCUT2D eigenvalue weighted by molar-refractivity contribution is -0.168. The molecule has 0 amide bonds. The number of ether oxygens (including phenoxy) is 1. The van der Waals surface area contributed by atoms with E-state index in [4.69, 9.17) is 4.74 Å². The van der Waals surface area contributed by atoms with Gasteiger partial charge in [-0.3, -0.25) is 4.99 Å². The number of pyridine rings is 1. The summed E-state index contributed by atoms with van der Waals surface area (Å²) in [6.45, 7) is 6.84. The predicted molar refractivity (Wildman–Crippen MR) is 120 cm³/mol. The maximum Gasteiger partial charge on any atom is 0.194 e. The summed E-state index contributed by atoms with van der Waals surface area (Å²) in [5.41, 5.74) is 0.363. The number of piperazine rings is 1. The maximum absolute atomic E-state index is 5.98. The molecule has 1 spiro atoms. The summed E-state index contributed by atoms with van der Waals surface area (Å²) in [5, 5.41) is 3.77. The Morgan fingerprint density at radius 1 is 1.30 bits per heavy atom. The van der Waals surface area contributed by atoms with E-state index in [9.17, 15) is 0 Å². The SMILES string of the molecule is CCOC1CC(NC(=NC)N2CCN(c3ccccn3)CC2)C12CCC2.I. The fraction of sp³-hybridized carbons (Fsp3) is 0.700. The molecule has 4 rings (SSSR count). The van der Waals surface area contributed by atoms with Gasteiger partial charge in [-0.1, -0.05) is 12.5 Å². The second kappa shape index (κ2) is 8.94. The Bertz CT molecular complexity index is 629. The van der Waals surface area contributed by atoms with Crippen LogP contribution in [0.1, 0.15) is 32.6 Å². The summed E-state index contributed by atoms with van der Waals surface area (Å²) >= 11 is 0. The molecule has 2 unspecified atom stereocenters. The molecule has 1 aliphatic heterocycles. The first kappa shape index (κ1) is 20.6. The molecule has 1 saturated heterocycles. The fourth-order valence-corrected chi connectivity index (χ4v) is 4.78. The van der Waals surface area contributed by atoms with Crippen molar-refractivity contribution in [3.63, 3.8) is 0 Å². The second-order valence-corrected chi connectivity index (χ2v) is 7.67. The molecule has 3 fully saturated rings. The summed E-state index contributed by atoms with van der Waals surface area (Å²) in [6, 6.07) is 6.63. The van der Waals surface area contributed by atoms with Gasteiger partial charge in [-0.05, 0) is 38.3 Å². The molecule has 3 aliphatic rings. The third kappa shape index (κ3) is 3.90. The first-order chi connectivity index (χ1) is 12.8. The molecule has 2 saturated carbocycles. The summed E-state index contributed by atoms with van der Waals surface area (Å²) in [7, 11) is 1.90. The van der Waals surface area contributed by atoms with Crippen LogP contribution in [0.3, 0.4) is 0 Å². The molecule has 2 aliphatic carbocycles. The van der Waals surface area contributed by atoms with Gasteiger partial charge < -0.3 is 19.9 Å². The fourth-order valence-electron chi connectivity index (χ4n) is 4.78. The summed E-state index contributed by atoms with van der Waals surface area (Å²) < 4.78 is 5.98. The van der Waals surface area contributed by atoms with E-state index in [1.165, 1.54) is 19.3 Å². The molecule has 150 valence electrons. The first-order valence-electron chi connectivity index (χ1n) is 10.0. The number of aromatic nitrogens is 1. The molecule has 0 aromatic carbocycles. The normalized spacial score (nSPS) is 26.8. The Labute approximate surface area is 179 Å². The van der Waals surface area contributed by atoms with Gasteiger partial charge in [0.2, 0.25) is 0 Å². The lowest BCUT2D eigenvalue weighted by atomic mass is 9.51. The average Bonchev–Trinajstić information content (AvgIpc) is 2.64. The number of aliphatic imine (C=N–C) groups is 1. The van der Waals surface area contributed by atoms with Crippen molar-refractivity contribution in [3.05, 3.63) is 24.4 Å². The van der Waals surface area contributed by atoms with Crippen LogP contribution in [-0.4, -0.2) is 67.8 Å². The highest BCUT2D eigenvalue weighted by atomic mass is 127. The first-order valence-corrected chi connectivity index (χ1v) is 10.0. The Kier molecular flexibility index (Phi) is 6.83. The summed E-state index contributed by atoms with van der Waals surface area (Å²) in [4.78, 5) is 13.8. The third-order valence-electron chi connectivity index (χ3n) is 6.50. The molecule has 7 heteroatoms. The molecule has 6 nitrogen and oxygen atoms in total. The van der Waals surface area contributed by atoms with E-state index in [0.29, 0.717) is 17.6 Å². The highest BCUT2D eigenvalue weighted by molar-refractivity contribution is 14.0. The highest BCUT2D eigenvalue weighted by Crippen LogP contribution is 2.57. The molecule has 0 radical (unpaired) electrons. The average molecular weight is 485 g/mol. The van der Waals surface area contributed by atoms with E-state index in [2.05, 4.69) is 44.1 Å². The Morgan fingerprint density at radius 2 is 2.07 bits per heavy atom. The van der Waals surface area contributed by atoms with Gasteiger partial charge >= 0.3 is 0 Å². The molecular weight excluding hydrogens is 453 g/mol. The van der Waals surface area contributed by atoms with Crippen molar-refractivity contribution >= 4 is 35.8 Å². The minimum Gasteiger partial charge on any atom is -0.378 e. The van der Waals surface area contributed by atoms with Gasteiger partial charge in [0.25, 0.3) is 0 Å². The number of guanidine groups is 1. The van der Waals surface area contributed by atoms with Gasteiger partial charge in [-0.15, -0.1) is 24.0 Å². The Morgan fingerprint density at radius 3 is 2.63 bits per heavy atom. The number of anilines is 1. The van der Waals surface area contributed by atoms with Crippen LogP contribution >= 0.6 is 24.0 Å². The van der Waals surface area contributed by atoms with Gasteiger partial charge in [0.15, 0.2) is 5.96 Å². The van der Waals surface area contributed by atoms with Crippen molar-refractivity contribution < 1.29 is 4.74 Å². The van der Waals surface area contributed by atoms with E-state index < -0.39 is 0 Å². The molecule has 0 bridgehead atoms. The van der Waals surface area contributed by atoms with Crippen molar-refractivity contribution in [2.24, 2.45) is 10.4 Å². The summed E-state index contributed by atoms with van der Waals surface area (Å²) in [6.07, 6.45) is 7.34. The number of hydrogen-bond acceptors (Lipinski definition) is 4. The van der Waals surface area contributed by atoms with Crippen LogP contribution in [0.2, 0.25) is 0 Å². The van der Waals surface area contributed by atoms with Crippen molar-refractivity contribution in [2.45, 2.75) is 44.8 Å². The summed E-state index contributed by atoms with van der Waals surface area (Å²) in [5.74, 6) is 2.12. The minimum atomic E-state index is 0. The molecule has 2 atom stereocenters. The van der Waals surface area contributed by atoms with E-state index >= 15 is 0 Å². The van der Waals surface area contributed by atoms with E-state index in [0.717, 1.165) is 51.0 Å². The number of hydrogen-bond donors (Lipinski definition) is 1. The van der Waals surface area contributed by atoms with E-state index in [1.54, 1.807) is 0 Å². The lowest BCUT2D eigenvalue weighted by Crippen LogP contribution is -2.69. The Balaban J connectivity index is 0.00000210. The van der Waals surface area contributed by atoms with Crippen LogP contribution in [0.15, 0.2) is 29.4 Å². The van der Waals surface area contributed by atoms with Crippen LogP contribution < -0.4 is 10.2 Å². The van der Waals surface area contributed by atoms with E-state index in [1.807, 2.05) is 19.3 Å². The quantitative estimate of drug-likeness (QED) is 0.404. The minimum absolute atomic E-state index is 0. The van der Waals surface area contributed by atoms with Crippen molar-refractivity contribution in [2.75, 3.05) is 44.7 Å². The largest absolute Gasteiger partial charge is 0.378 e. The molecule has 27 heavy (non-hydrogen) atoms. The topological polar surface area (TPSA) is 53.0 Å². The van der Waals surface area contributed by atoms with Crippen LogP contribution in [0.5, 0.6) is 0 Å². The monoisotopic (exact) mass is 485 g/mol. The number of nitrogens with zero attached hydrogens (tertiary/aromatic N) is 4. The zero-order valence-electron chi connectivity index (χ0n) is 16.4. The molecular formula is C20H32IN5O. The molecule has 1 aromatic heterocycles. The second-order valence-electron chi connectivity index (χ2n) is 7.67. The van der Waals surface area contributed by atoms with Gasteiger partial charge in [0, 0.05) is 57.5 Å². The van der Waals surface area contributed by atoms with Gasteiger partial charge in [-0.2, -0.15) is 0 Å². The number of nitrogens with one attached hydrogen (secondary N) is 1. The van der Waals surface area contributed by atoms with Gasteiger partial charge in [0.05, 0.1) is 6.10 Å². The zero-order valence-corrected chi connectivity index (χ0v) is 18.8. The van der Waals surface area contributed by atoms with Crippen molar-refractivity contribution in [1.29, 1.82) is 0 Å².